The van der Waals surface area contributed by atoms with E-state index in [9.17, 15) is 13.2 Å². The van der Waals surface area contributed by atoms with E-state index < -0.39 is 16.1 Å². The van der Waals surface area contributed by atoms with E-state index in [1.807, 2.05) is 13.8 Å². The fraction of sp³-hybridized carbons (Fsp3) is 0.533. The van der Waals surface area contributed by atoms with Gasteiger partial charge in [0.15, 0.2) is 0 Å². The number of hydrogen-bond donors (Lipinski definition) is 2. The molecule has 0 bridgehead atoms. The summed E-state index contributed by atoms with van der Waals surface area (Å²) in [6, 6.07) is 6.24. The second-order valence-corrected chi connectivity index (χ2v) is 7.67. The lowest BCUT2D eigenvalue weighted by molar-refractivity contribution is -0.122. The Labute approximate surface area is 137 Å². The molecule has 0 radical (unpaired) electrons. The third kappa shape index (κ3) is 7.24. The summed E-state index contributed by atoms with van der Waals surface area (Å²) in [5.74, 6) is -0.183. The molecule has 1 amide bonds. The van der Waals surface area contributed by atoms with Crippen molar-refractivity contribution in [2.24, 2.45) is 0 Å². The lowest BCUT2D eigenvalue weighted by Crippen LogP contribution is -2.36. The van der Waals surface area contributed by atoms with E-state index in [-0.39, 0.29) is 18.4 Å². The molecule has 0 fully saturated rings. The van der Waals surface area contributed by atoms with Crippen LogP contribution in [-0.4, -0.2) is 26.6 Å². The molecule has 0 saturated heterocycles. The second kappa shape index (κ2) is 8.50. The molecule has 0 aliphatic rings. The Morgan fingerprint density at radius 3 is 2.36 bits per heavy atom. The maximum atomic E-state index is 12.1. The number of amides is 1. The van der Waals surface area contributed by atoms with Gasteiger partial charge in [0, 0.05) is 17.5 Å². The first kappa shape index (κ1) is 18.9. The number of halogens is 1. The lowest BCUT2D eigenvalue weighted by Gasteiger charge is -2.19. The SMILES string of the molecule is CCC[C@H](C)NC(=O)C[C@@H](NS(C)(=O)=O)c1ccc(Cl)cc1. The number of nitrogens with one attached hydrogen (secondary N) is 2. The van der Waals surface area contributed by atoms with Crippen LogP contribution in [0.5, 0.6) is 0 Å². The van der Waals surface area contributed by atoms with Crippen molar-refractivity contribution >= 4 is 27.5 Å². The molecule has 1 aromatic carbocycles. The maximum Gasteiger partial charge on any atom is 0.222 e. The summed E-state index contributed by atoms with van der Waals surface area (Å²) in [6.45, 7) is 3.98. The molecule has 7 heteroatoms. The van der Waals surface area contributed by atoms with E-state index in [0.29, 0.717) is 10.6 Å². The number of rotatable bonds is 8. The first-order chi connectivity index (χ1) is 10.2. The highest BCUT2D eigenvalue weighted by molar-refractivity contribution is 7.88. The molecule has 0 unspecified atom stereocenters. The Balaban J connectivity index is 2.82. The maximum absolute atomic E-state index is 12.1. The molecular formula is C15H23ClN2O3S. The van der Waals surface area contributed by atoms with Crippen molar-refractivity contribution in [1.82, 2.24) is 10.0 Å². The zero-order chi connectivity index (χ0) is 16.8. The summed E-state index contributed by atoms with van der Waals surface area (Å²) in [4.78, 5) is 12.1. The van der Waals surface area contributed by atoms with E-state index >= 15 is 0 Å². The largest absolute Gasteiger partial charge is 0.354 e. The molecule has 0 heterocycles. The summed E-state index contributed by atoms with van der Waals surface area (Å²) in [6.07, 6.45) is 2.98. The van der Waals surface area contributed by atoms with Crippen molar-refractivity contribution in [1.29, 1.82) is 0 Å². The van der Waals surface area contributed by atoms with Crippen LogP contribution in [0.15, 0.2) is 24.3 Å². The van der Waals surface area contributed by atoms with Crippen molar-refractivity contribution in [3.05, 3.63) is 34.9 Å². The molecule has 0 aliphatic carbocycles. The molecule has 22 heavy (non-hydrogen) atoms. The van der Waals surface area contributed by atoms with Gasteiger partial charge in [-0.2, -0.15) is 0 Å². The monoisotopic (exact) mass is 346 g/mol. The van der Waals surface area contributed by atoms with Gasteiger partial charge in [-0.25, -0.2) is 13.1 Å². The minimum absolute atomic E-state index is 0.0444. The lowest BCUT2D eigenvalue weighted by atomic mass is 10.0. The fourth-order valence-corrected chi connectivity index (χ4v) is 3.07. The highest BCUT2D eigenvalue weighted by Gasteiger charge is 2.20. The molecular weight excluding hydrogens is 324 g/mol. The Hall–Kier alpha value is -1.11. The van der Waals surface area contributed by atoms with Gasteiger partial charge in [-0.15, -0.1) is 0 Å². The molecule has 0 aromatic heterocycles. The average molecular weight is 347 g/mol. The van der Waals surface area contributed by atoms with Crippen molar-refractivity contribution in [3.8, 4) is 0 Å². The van der Waals surface area contributed by atoms with Gasteiger partial charge in [-0.1, -0.05) is 37.1 Å². The van der Waals surface area contributed by atoms with Crippen molar-refractivity contribution < 1.29 is 13.2 Å². The predicted molar refractivity (Wildman–Crippen MR) is 89.3 cm³/mol. The van der Waals surface area contributed by atoms with Gasteiger partial charge in [0.1, 0.15) is 0 Å². The van der Waals surface area contributed by atoms with Crippen LogP contribution in [-0.2, 0) is 14.8 Å². The zero-order valence-electron chi connectivity index (χ0n) is 13.1. The van der Waals surface area contributed by atoms with Crippen LogP contribution in [0.25, 0.3) is 0 Å². The first-order valence-electron chi connectivity index (χ1n) is 7.23. The molecule has 0 saturated carbocycles. The quantitative estimate of drug-likeness (QED) is 0.759. The standard InChI is InChI=1S/C15H23ClN2O3S/c1-4-5-11(2)17-15(19)10-14(18-22(3,20)21)12-6-8-13(16)9-7-12/h6-9,11,14,18H,4-5,10H2,1-3H3,(H,17,19)/t11-,14+/m0/s1. The molecule has 1 aromatic rings. The Kier molecular flexibility index (Phi) is 7.32. The highest BCUT2D eigenvalue weighted by atomic mass is 35.5. The molecule has 5 nitrogen and oxygen atoms in total. The second-order valence-electron chi connectivity index (χ2n) is 5.46. The minimum Gasteiger partial charge on any atom is -0.354 e. The Bertz CT molecular complexity index is 587. The normalized spacial score (nSPS) is 14.4. The Morgan fingerprint density at radius 1 is 1.27 bits per heavy atom. The van der Waals surface area contributed by atoms with Crippen LogP contribution in [0.3, 0.4) is 0 Å². The first-order valence-corrected chi connectivity index (χ1v) is 9.50. The summed E-state index contributed by atoms with van der Waals surface area (Å²) in [5.41, 5.74) is 0.702. The number of benzene rings is 1. The van der Waals surface area contributed by atoms with Gasteiger partial charge in [0.25, 0.3) is 0 Å². The van der Waals surface area contributed by atoms with Crippen LogP contribution >= 0.6 is 11.6 Å². The van der Waals surface area contributed by atoms with E-state index in [0.717, 1.165) is 19.1 Å². The molecule has 124 valence electrons. The summed E-state index contributed by atoms with van der Waals surface area (Å²) in [7, 11) is -3.43. The third-order valence-electron chi connectivity index (χ3n) is 3.15. The third-order valence-corrected chi connectivity index (χ3v) is 4.11. The van der Waals surface area contributed by atoms with E-state index in [4.69, 9.17) is 11.6 Å². The molecule has 0 spiro atoms. The summed E-state index contributed by atoms with van der Waals surface area (Å²) < 4.78 is 25.5. The molecule has 2 N–H and O–H groups in total. The van der Waals surface area contributed by atoms with Gasteiger partial charge in [-0.05, 0) is 31.0 Å². The zero-order valence-corrected chi connectivity index (χ0v) is 14.7. The molecule has 2 atom stereocenters. The van der Waals surface area contributed by atoms with E-state index in [2.05, 4.69) is 10.0 Å². The molecule has 1 rings (SSSR count). The van der Waals surface area contributed by atoms with Crippen LogP contribution < -0.4 is 10.0 Å². The Morgan fingerprint density at radius 2 is 1.86 bits per heavy atom. The molecule has 0 aliphatic heterocycles. The average Bonchev–Trinajstić information content (AvgIpc) is 2.37. The number of carbonyl (C=O) groups excluding carboxylic acids is 1. The van der Waals surface area contributed by atoms with Crippen LogP contribution in [0.4, 0.5) is 0 Å². The van der Waals surface area contributed by atoms with Crippen molar-refractivity contribution in [3.63, 3.8) is 0 Å². The smallest absolute Gasteiger partial charge is 0.222 e. The number of carbonyl (C=O) groups is 1. The van der Waals surface area contributed by atoms with Gasteiger partial charge in [0.2, 0.25) is 15.9 Å². The highest BCUT2D eigenvalue weighted by Crippen LogP contribution is 2.20. The topological polar surface area (TPSA) is 75.3 Å². The van der Waals surface area contributed by atoms with E-state index in [1.54, 1.807) is 24.3 Å². The minimum atomic E-state index is -3.43. The van der Waals surface area contributed by atoms with Crippen molar-refractivity contribution in [2.75, 3.05) is 6.26 Å². The van der Waals surface area contributed by atoms with Crippen LogP contribution in [0.2, 0.25) is 5.02 Å². The number of sulfonamides is 1. The van der Waals surface area contributed by atoms with Gasteiger partial charge in [-0.3, -0.25) is 4.79 Å². The summed E-state index contributed by atoms with van der Waals surface area (Å²) >= 11 is 5.84. The van der Waals surface area contributed by atoms with Crippen LogP contribution in [0.1, 0.15) is 44.7 Å². The summed E-state index contributed by atoms with van der Waals surface area (Å²) in [5, 5.41) is 3.44. The van der Waals surface area contributed by atoms with Crippen LogP contribution in [0, 0.1) is 0 Å². The van der Waals surface area contributed by atoms with Crippen molar-refractivity contribution in [2.45, 2.75) is 45.2 Å². The van der Waals surface area contributed by atoms with E-state index in [1.165, 1.54) is 0 Å². The van der Waals surface area contributed by atoms with Gasteiger partial charge < -0.3 is 5.32 Å². The number of hydrogen-bond acceptors (Lipinski definition) is 3. The van der Waals surface area contributed by atoms with Gasteiger partial charge >= 0.3 is 0 Å². The van der Waals surface area contributed by atoms with Gasteiger partial charge in [0.05, 0.1) is 12.3 Å². The predicted octanol–water partition coefficient (Wildman–Crippen LogP) is 2.63. The fourth-order valence-electron chi connectivity index (χ4n) is 2.21.